The van der Waals surface area contributed by atoms with Crippen LogP contribution in [0.5, 0.6) is 0 Å². The van der Waals surface area contributed by atoms with Gasteiger partial charge < -0.3 is 0 Å². The minimum atomic E-state index is -0.336. The van der Waals surface area contributed by atoms with Crippen molar-refractivity contribution in [3.63, 3.8) is 0 Å². The molecular weight excluding hydrogens is 261 g/mol. The maximum Gasteiger partial charge on any atom is 0.278 e. The highest BCUT2D eigenvalue weighted by Crippen LogP contribution is 2.16. The number of hydrogen-bond acceptors (Lipinski definition) is 3. The molecule has 0 unspecified atom stereocenters. The fraction of sp³-hybridized carbons (Fsp3) is 0.286. The van der Waals surface area contributed by atoms with Gasteiger partial charge in [0.15, 0.2) is 0 Å². The Hall–Kier alpha value is -2.21. The number of aromatic nitrogens is 2. The van der Waals surface area contributed by atoms with Crippen LogP contribution in [-0.2, 0) is 11.3 Å². The van der Waals surface area contributed by atoms with Crippen molar-refractivity contribution in [2.24, 2.45) is 0 Å². The van der Waals surface area contributed by atoms with Crippen molar-refractivity contribution >= 4 is 5.91 Å². The van der Waals surface area contributed by atoms with E-state index >= 15 is 0 Å². The number of amides is 1. The van der Waals surface area contributed by atoms with Crippen molar-refractivity contribution < 1.29 is 14.0 Å². The van der Waals surface area contributed by atoms with Crippen molar-refractivity contribution in [1.82, 2.24) is 15.3 Å². The molecule has 1 amide bonds. The number of carbonyl (C=O) groups excluding carboxylic acids is 1. The normalized spacial score (nSPS) is 10.6. The van der Waals surface area contributed by atoms with E-state index in [0.29, 0.717) is 24.3 Å². The first-order valence-electron chi connectivity index (χ1n) is 6.42. The Morgan fingerprint density at radius 1 is 1.35 bits per heavy atom. The summed E-state index contributed by atoms with van der Waals surface area (Å²) >= 11 is 0. The quantitative estimate of drug-likeness (QED) is 0.853. The second-order valence-corrected chi connectivity index (χ2v) is 4.11. The summed E-state index contributed by atoms with van der Waals surface area (Å²) in [5.74, 6) is -0.648. The van der Waals surface area contributed by atoms with Gasteiger partial charge in [0.1, 0.15) is 5.82 Å². The van der Waals surface area contributed by atoms with Crippen molar-refractivity contribution in [3.05, 3.63) is 47.5 Å². The Morgan fingerprint density at radius 2 is 2.05 bits per heavy atom. The van der Waals surface area contributed by atoms with E-state index in [1.165, 1.54) is 18.3 Å². The van der Waals surface area contributed by atoms with Gasteiger partial charge in [-0.1, -0.05) is 6.92 Å². The molecule has 0 aliphatic rings. The second kappa shape index (κ2) is 6.29. The molecule has 0 atom stereocenters. The molecule has 1 aromatic carbocycles. The zero-order chi connectivity index (χ0) is 14.5. The van der Waals surface area contributed by atoms with Crippen LogP contribution < -0.4 is 5.48 Å². The number of nitrogens with zero attached hydrogens (tertiary/aromatic N) is 2. The third-order valence-corrected chi connectivity index (χ3v) is 2.83. The van der Waals surface area contributed by atoms with Gasteiger partial charge in [-0.25, -0.2) is 14.6 Å². The third kappa shape index (κ3) is 2.85. The first-order chi connectivity index (χ1) is 9.67. The van der Waals surface area contributed by atoms with Crippen LogP contribution in [0, 0.1) is 5.82 Å². The fourth-order valence-electron chi connectivity index (χ4n) is 1.90. The van der Waals surface area contributed by atoms with Gasteiger partial charge in [-0.3, -0.25) is 9.63 Å². The van der Waals surface area contributed by atoms with Gasteiger partial charge in [-0.15, -0.1) is 0 Å². The first-order valence-corrected chi connectivity index (χ1v) is 6.42. The zero-order valence-corrected chi connectivity index (χ0v) is 11.4. The van der Waals surface area contributed by atoms with Gasteiger partial charge in [0.2, 0.25) is 0 Å². The molecule has 20 heavy (non-hydrogen) atoms. The molecule has 0 saturated heterocycles. The van der Waals surface area contributed by atoms with Crippen molar-refractivity contribution in [2.45, 2.75) is 20.3 Å². The number of nitrogens with one attached hydrogen (secondary N) is 1. The van der Waals surface area contributed by atoms with E-state index in [-0.39, 0.29) is 11.7 Å². The van der Waals surface area contributed by atoms with Gasteiger partial charge in [0.25, 0.3) is 5.91 Å². The molecule has 2 rings (SSSR count). The van der Waals surface area contributed by atoms with Crippen molar-refractivity contribution in [3.8, 4) is 5.69 Å². The summed E-state index contributed by atoms with van der Waals surface area (Å²) in [6, 6.07) is 5.95. The molecule has 106 valence electrons. The average Bonchev–Trinajstić information content (AvgIpc) is 2.89. The predicted molar refractivity (Wildman–Crippen MR) is 72.0 cm³/mol. The molecule has 0 aliphatic carbocycles. The summed E-state index contributed by atoms with van der Waals surface area (Å²) in [5, 5.41) is 4.19. The lowest BCUT2D eigenvalue weighted by molar-refractivity contribution is 0.0363. The summed E-state index contributed by atoms with van der Waals surface area (Å²) in [4.78, 5) is 16.8. The fourth-order valence-corrected chi connectivity index (χ4v) is 1.90. The van der Waals surface area contributed by atoms with Crippen LogP contribution >= 0.6 is 0 Å². The number of hydrogen-bond donors (Lipinski definition) is 1. The number of rotatable bonds is 5. The van der Waals surface area contributed by atoms with Crippen LogP contribution in [0.1, 0.15) is 29.9 Å². The number of hydroxylamine groups is 1. The Bertz CT molecular complexity index is 593. The van der Waals surface area contributed by atoms with Crippen LogP contribution in [0.25, 0.3) is 5.69 Å². The topological polar surface area (TPSA) is 56.1 Å². The summed E-state index contributed by atoms with van der Waals surface area (Å²) in [7, 11) is 0. The Morgan fingerprint density at radius 3 is 2.65 bits per heavy atom. The van der Waals surface area contributed by atoms with Crippen molar-refractivity contribution in [2.75, 3.05) is 6.61 Å². The standard InChI is InChI=1S/C14H16FN3O2/c1-3-13-12(14(19)17-20-4-2)9-16-18(13)11-7-5-10(15)6-8-11/h5-9H,3-4H2,1-2H3,(H,17,19). The molecule has 2 aromatic rings. The van der Waals surface area contributed by atoms with Crippen LogP contribution in [0.15, 0.2) is 30.5 Å². The van der Waals surface area contributed by atoms with Crippen molar-refractivity contribution in [1.29, 1.82) is 0 Å². The molecule has 0 aliphatic heterocycles. The molecule has 0 saturated carbocycles. The molecule has 0 radical (unpaired) electrons. The minimum Gasteiger partial charge on any atom is -0.274 e. The molecular formula is C14H16FN3O2. The summed E-state index contributed by atoms with van der Waals surface area (Å²) in [6.45, 7) is 4.09. The number of carbonyl (C=O) groups is 1. The van der Waals surface area contributed by atoms with E-state index in [1.807, 2.05) is 6.92 Å². The maximum absolute atomic E-state index is 12.9. The average molecular weight is 277 g/mol. The van der Waals surface area contributed by atoms with E-state index in [4.69, 9.17) is 4.84 Å². The highest BCUT2D eigenvalue weighted by Gasteiger charge is 2.17. The lowest BCUT2D eigenvalue weighted by Gasteiger charge is -2.08. The summed E-state index contributed by atoms with van der Waals surface area (Å²) < 4.78 is 14.6. The van der Waals surface area contributed by atoms with Gasteiger partial charge in [0.05, 0.1) is 29.7 Å². The number of benzene rings is 1. The minimum absolute atomic E-state index is 0.312. The summed E-state index contributed by atoms with van der Waals surface area (Å²) in [5.41, 5.74) is 4.25. The lowest BCUT2D eigenvalue weighted by atomic mass is 10.2. The molecule has 0 bridgehead atoms. The SMILES string of the molecule is CCONC(=O)c1cnn(-c2ccc(F)cc2)c1CC. The molecule has 1 aromatic heterocycles. The molecule has 0 fully saturated rings. The van der Waals surface area contributed by atoms with Crippen LogP contribution in [0.4, 0.5) is 4.39 Å². The summed E-state index contributed by atoms with van der Waals surface area (Å²) in [6.07, 6.45) is 2.10. The smallest absolute Gasteiger partial charge is 0.274 e. The van der Waals surface area contributed by atoms with Crippen LogP contribution in [0.2, 0.25) is 0 Å². The highest BCUT2D eigenvalue weighted by atomic mass is 19.1. The molecule has 0 spiro atoms. The van der Waals surface area contributed by atoms with E-state index in [2.05, 4.69) is 10.6 Å². The second-order valence-electron chi connectivity index (χ2n) is 4.11. The molecule has 1 N–H and O–H groups in total. The highest BCUT2D eigenvalue weighted by molar-refractivity contribution is 5.94. The van der Waals surface area contributed by atoms with E-state index in [9.17, 15) is 9.18 Å². The Kier molecular flexibility index (Phi) is 4.47. The van der Waals surface area contributed by atoms with Gasteiger partial charge in [0, 0.05) is 0 Å². The number of halogens is 1. The van der Waals surface area contributed by atoms with E-state index < -0.39 is 0 Å². The van der Waals surface area contributed by atoms with Gasteiger partial charge in [-0.05, 0) is 37.6 Å². The predicted octanol–water partition coefficient (Wildman–Crippen LogP) is 2.26. The van der Waals surface area contributed by atoms with Crippen LogP contribution in [0.3, 0.4) is 0 Å². The zero-order valence-electron chi connectivity index (χ0n) is 11.4. The van der Waals surface area contributed by atoms with Gasteiger partial charge >= 0.3 is 0 Å². The largest absolute Gasteiger partial charge is 0.278 e. The van der Waals surface area contributed by atoms with Crippen LogP contribution in [-0.4, -0.2) is 22.3 Å². The molecule has 6 heteroatoms. The van der Waals surface area contributed by atoms with E-state index in [0.717, 1.165) is 5.69 Å². The Balaban J connectivity index is 2.34. The molecule has 1 heterocycles. The monoisotopic (exact) mass is 277 g/mol. The third-order valence-electron chi connectivity index (χ3n) is 2.83. The lowest BCUT2D eigenvalue weighted by Crippen LogP contribution is -2.24. The first kappa shape index (κ1) is 14.2. The van der Waals surface area contributed by atoms with E-state index in [1.54, 1.807) is 23.7 Å². The maximum atomic E-state index is 12.9. The Labute approximate surface area is 116 Å². The van der Waals surface area contributed by atoms with Gasteiger partial charge in [-0.2, -0.15) is 5.10 Å². The molecule has 5 nitrogen and oxygen atoms in total.